The Kier molecular flexibility index (Phi) is 3.11. The van der Waals surface area contributed by atoms with Gasteiger partial charge in [-0.3, -0.25) is 5.10 Å². The summed E-state index contributed by atoms with van der Waals surface area (Å²) in [5.74, 6) is 0.257. The Morgan fingerprint density at radius 1 is 1.20 bits per heavy atom. The summed E-state index contributed by atoms with van der Waals surface area (Å²) in [5.41, 5.74) is 0.119. The topological polar surface area (TPSA) is 53.6 Å². The van der Waals surface area contributed by atoms with E-state index in [0.29, 0.717) is 11.3 Å². The molecule has 2 aromatic rings. The minimum absolute atomic E-state index is 0.257. The summed E-state index contributed by atoms with van der Waals surface area (Å²) in [6, 6.07) is 4.11. The highest BCUT2D eigenvalue weighted by Crippen LogP contribution is 2.35. The first-order valence-electron chi connectivity index (χ1n) is 6.37. The second-order valence-corrected chi connectivity index (χ2v) is 4.89. The molecule has 0 amide bonds. The SMILES string of the molecule is FC(F)(F)c1cc(NC2CCC2)cc(-c2nc[nH]n2)c1. The highest BCUT2D eigenvalue weighted by Gasteiger charge is 2.32. The van der Waals surface area contributed by atoms with Gasteiger partial charge in [0.1, 0.15) is 6.33 Å². The van der Waals surface area contributed by atoms with Gasteiger partial charge >= 0.3 is 6.18 Å². The Bertz CT molecular complexity index is 588. The lowest BCUT2D eigenvalue weighted by Gasteiger charge is -2.28. The number of anilines is 1. The van der Waals surface area contributed by atoms with Gasteiger partial charge in [0.05, 0.1) is 5.56 Å². The number of rotatable bonds is 3. The van der Waals surface area contributed by atoms with Crippen molar-refractivity contribution in [1.29, 1.82) is 0 Å². The molecule has 0 spiro atoms. The first kappa shape index (κ1) is 13.0. The van der Waals surface area contributed by atoms with E-state index in [1.165, 1.54) is 6.33 Å². The normalized spacial score (nSPS) is 15.9. The van der Waals surface area contributed by atoms with Crippen molar-refractivity contribution in [2.45, 2.75) is 31.5 Å². The van der Waals surface area contributed by atoms with E-state index in [0.717, 1.165) is 31.4 Å². The van der Waals surface area contributed by atoms with E-state index >= 15 is 0 Å². The Morgan fingerprint density at radius 2 is 2.00 bits per heavy atom. The lowest BCUT2D eigenvalue weighted by molar-refractivity contribution is -0.137. The summed E-state index contributed by atoms with van der Waals surface area (Å²) in [6.07, 6.45) is 0.0554. The van der Waals surface area contributed by atoms with Crippen molar-refractivity contribution in [2.24, 2.45) is 0 Å². The molecule has 0 unspecified atom stereocenters. The van der Waals surface area contributed by atoms with E-state index in [2.05, 4.69) is 20.5 Å². The molecule has 1 fully saturated rings. The van der Waals surface area contributed by atoms with Gasteiger partial charge in [0, 0.05) is 17.3 Å². The molecule has 3 rings (SSSR count). The number of nitrogens with one attached hydrogen (secondary N) is 2. The van der Waals surface area contributed by atoms with Crippen LogP contribution in [0.4, 0.5) is 18.9 Å². The van der Waals surface area contributed by atoms with Crippen LogP contribution in [-0.2, 0) is 6.18 Å². The van der Waals surface area contributed by atoms with Crippen molar-refractivity contribution in [3.63, 3.8) is 0 Å². The Balaban J connectivity index is 1.98. The number of alkyl halides is 3. The average molecular weight is 282 g/mol. The van der Waals surface area contributed by atoms with Crippen LogP contribution < -0.4 is 5.32 Å². The van der Waals surface area contributed by atoms with E-state index in [4.69, 9.17) is 0 Å². The highest BCUT2D eigenvalue weighted by molar-refractivity contribution is 5.64. The number of benzene rings is 1. The van der Waals surface area contributed by atoms with Crippen LogP contribution in [0.15, 0.2) is 24.5 Å². The molecule has 20 heavy (non-hydrogen) atoms. The van der Waals surface area contributed by atoms with Gasteiger partial charge in [0.15, 0.2) is 5.82 Å². The van der Waals surface area contributed by atoms with Crippen LogP contribution in [0.3, 0.4) is 0 Å². The van der Waals surface area contributed by atoms with Crippen LogP contribution >= 0.6 is 0 Å². The third-order valence-corrected chi connectivity index (χ3v) is 3.41. The average Bonchev–Trinajstić information content (AvgIpc) is 2.86. The van der Waals surface area contributed by atoms with Crippen molar-refractivity contribution in [2.75, 3.05) is 5.32 Å². The van der Waals surface area contributed by atoms with E-state index in [-0.39, 0.29) is 11.9 Å². The maximum absolute atomic E-state index is 12.9. The van der Waals surface area contributed by atoms with Crippen LogP contribution in [0.25, 0.3) is 11.4 Å². The van der Waals surface area contributed by atoms with Crippen molar-refractivity contribution >= 4 is 5.69 Å². The maximum atomic E-state index is 12.9. The van der Waals surface area contributed by atoms with E-state index in [9.17, 15) is 13.2 Å². The number of aromatic nitrogens is 3. The minimum atomic E-state index is -4.39. The van der Waals surface area contributed by atoms with Crippen molar-refractivity contribution in [3.05, 3.63) is 30.1 Å². The first-order valence-corrected chi connectivity index (χ1v) is 6.37. The molecule has 1 aromatic heterocycles. The molecule has 7 heteroatoms. The van der Waals surface area contributed by atoms with Crippen LogP contribution in [-0.4, -0.2) is 21.2 Å². The molecule has 2 N–H and O–H groups in total. The minimum Gasteiger partial charge on any atom is -0.382 e. The van der Waals surface area contributed by atoms with Gasteiger partial charge in [0.25, 0.3) is 0 Å². The first-order chi connectivity index (χ1) is 9.52. The zero-order valence-corrected chi connectivity index (χ0v) is 10.5. The van der Waals surface area contributed by atoms with Gasteiger partial charge in [0.2, 0.25) is 0 Å². The van der Waals surface area contributed by atoms with E-state index < -0.39 is 11.7 Å². The molecule has 1 aliphatic carbocycles. The number of H-pyrrole nitrogens is 1. The predicted molar refractivity (Wildman–Crippen MR) is 68.1 cm³/mol. The molecule has 0 saturated heterocycles. The van der Waals surface area contributed by atoms with Gasteiger partial charge < -0.3 is 5.32 Å². The summed E-state index contributed by atoms with van der Waals surface area (Å²) in [5, 5.41) is 9.47. The fraction of sp³-hybridized carbons (Fsp3) is 0.385. The van der Waals surface area contributed by atoms with E-state index in [1.807, 2.05) is 0 Å². The Morgan fingerprint density at radius 3 is 2.55 bits per heavy atom. The molecule has 4 nitrogen and oxygen atoms in total. The summed E-state index contributed by atoms with van der Waals surface area (Å²) < 4.78 is 38.8. The van der Waals surface area contributed by atoms with Gasteiger partial charge in [-0.2, -0.15) is 18.3 Å². The third-order valence-electron chi connectivity index (χ3n) is 3.41. The number of hydrogen-bond acceptors (Lipinski definition) is 3. The fourth-order valence-corrected chi connectivity index (χ4v) is 2.14. The van der Waals surface area contributed by atoms with Crippen LogP contribution in [0.5, 0.6) is 0 Å². The zero-order chi connectivity index (χ0) is 14.2. The smallest absolute Gasteiger partial charge is 0.382 e. The monoisotopic (exact) mass is 282 g/mol. The quantitative estimate of drug-likeness (QED) is 0.906. The molecule has 0 bridgehead atoms. The molecule has 1 saturated carbocycles. The van der Waals surface area contributed by atoms with Crippen LogP contribution in [0.1, 0.15) is 24.8 Å². The molecule has 1 aromatic carbocycles. The standard InChI is InChI=1S/C13H13F3N4/c14-13(15,16)9-4-8(12-17-7-18-20-12)5-11(6-9)19-10-2-1-3-10/h4-7,10,19H,1-3H2,(H,17,18,20). The predicted octanol–water partition coefficient (Wildman–Crippen LogP) is 3.45. The maximum Gasteiger partial charge on any atom is 0.416 e. The zero-order valence-electron chi connectivity index (χ0n) is 10.5. The molecule has 1 heterocycles. The molecule has 0 aliphatic heterocycles. The van der Waals surface area contributed by atoms with Crippen molar-refractivity contribution < 1.29 is 13.2 Å². The second-order valence-electron chi connectivity index (χ2n) is 4.89. The van der Waals surface area contributed by atoms with Gasteiger partial charge in [-0.1, -0.05) is 0 Å². The largest absolute Gasteiger partial charge is 0.416 e. The fourth-order valence-electron chi connectivity index (χ4n) is 2.14. The molecule has 0 atom stereocenters. The lowest BCUT2D eigenvalue weighted by Crippen LogP contribution is -2.27. The van der Waals surface area contributed by atoms with Crippen molar-refractivity contribution in [3.8, 4) is 11.4 Å². The van der Waals surface area contributed by atoms with Crippen molar-refractivity contribution in [1.82, 2.24) is 15.2 Å². The summed E-state index contributed by atoms with van der Waals surface area (Å²) in [6.45, 7) is 0. The highest BCUT2D eigenvalue weighted by atomic mass is 19.4. The molecular formula is C13H13F3N4. The van der Waals surface area contributed by atoms with Gasteiger partial charge in [-0.25, -0.2) is 4.98 Å². The molecule has 1 aliphatic rings. The summed E-state index contributed by atoms with van der Waals surface area (Å²) >= 11 is 0. The number of nitrogens with zero attached hydrogens (tertiary/aromatic N) is 2. The van der Waals surface area contributed by atoms with E-state index in [1.54, 1.807) is 6.07 Å². The van der Waals surface area contributed by atoms with Gasteiger partial charge in [-0.15, -0.1) is 0 Å². The summed E-state index contributed by atoms with van der Waals surface area (Å²) in [4.78, 5) is 3.90. The summed E-state index contributed by atoms with van der Waals surface area (Å²) in [7, 11) is 0. The van der Waals surface area contributed by atoms with Gasteiger partial charge in [-0.05, 0) is 37.5 Å². The number of halogens is 3. The molecular weight excluding hydrogens is 269 g/mol. The third kappa shape index (κ3) is 2.61. The Hall–Kier alpha value is -2.05. The van der Waals surface area contributed by atoms with Crippen LogP contribution in [0.2, 0.25) is 0 Å². The lowest BCUT2D eigenvalue weighted by atomic mass is 9.92. The number of hydrogen-bond donors (Lipinski definition) is 2. The second kappa shape index (κ2) is 4.81. The molecule has 106 valence electrons. The molecule has 0 radical (unpaired) electrons. The Labute approximate surface area is 113 Å². The number of aromatic amines is 1. The van der Waals surface area contributed by atoms with Crippen LogP contribution in [0, 0.1) is 0 Å².